The summed E-state index contributed by atoms with van der Waals surface area (Å²) in [5.41, 5.74) is 1.57. The molecule has 0 heterocycles. The van der Waals surface area contributed by atoms with Crippen LogP contribution in [-0.2, 0) is 19.9 Å². The summed E-state index contributed by atoms with van der Waals surface area (Å²) in [6.07, 6.45) is -0.276. The number of carboxylic acids is 2. The number of hydrogen-bond donors (Lipinski definition) is 4. The van der Waals surface area contributed by atoms with Crippen molar-refractivity contribution in [3.63, 3.8) is 0 Å². The summed E-state index contributed by atoms with van der Waals surface area (Å²) in [5, 5.41) is 24.1. The van der Waals surface area contributed by atoms with Crippen molar-refractivity contribution in [3.05, 3.63) is 108 Å². The van der Waals surface area contributed by atoms with Crippen LogP contribution in [0.15, 0.2) is 91.0 Å². The smallest absolute Gasteiger partial charge is 0.322 e. The number of carbonyl (C=O) groups excluding carboxylic acids is 1. The van der Waals surface area contributed by atoms with Crippen LogP contribution in [0.3, 0.4) is 0 Å². The molecule has 7 heteroatoms. The van der Waals surface area contributed by atoms with Gasteiger partial charge in [0.25, 0.3) is 0 Å². The van der Waals surface area contributed by atoms with Crippen LogP contribution in [0, 0.1) is 0 Å². The van der Waals surface area contributed by atoms with Crippen molar-refractivity contribution in [1.82, 2.24) is 10.6 Å². The lowest BCUT2D eigenvalue weighted by Crippen LogP contribution is -2.55. The van der Waals surface area contributed by atoms with Crippen LogP contribution in [0.1, 0.15) is 29.5 Å². The van der Waals surface area contributed by atoms with Gasteiger partial charge in [-0.2, -0.15) is 0 Å². The molecule has 0 aromatic heterocycles. The maximum Gasteiger partial charge on any atom is 0.322 e. The zero-order valence-electron chi connectivity index (χ0n) is 18.0. The maximum atomic E-state index is 13.0. The number of amides is 1. The highest BCUT2D eigenvalue weighted by Crippen LogP contribution is 2.37. The number of aliphatic carboxylic acids is 2. The van der Waals surface area contributed by atoms with Crippen LogP contribution in [0.4, 0.5) is 0 Å². The van der Waals surface area contributed by atoms with Crippen molar-refractivity contribution in [3.8, 4) is 0 Å². The van der Waals surface area contributed by atoms with E-state index in [1.54, 1.807) is 0 Å². The van der Waals surface area contributed by atoms with Gasteiger partial charge in [0.15, 0.2) is 0 Å². The second-order valence-corrected chi connectivity index (χ2v) is 7.59. The molecule has 33 heavy (non-hydrogen) atoms. The Morgan fingerprint density at radius 2 is 1.12 bits per heavy atom. The molecule has 3 aromatic rings. The third-order valence-electron chi connectivity index (χ3n) is 5.39. The van der Waals surface area contributed by atoms with E-state index in [1.165, 1.54) is 0 Å². The average molecular weight is 447 g/mol. The Balaban J connectivity index is 2.17. The Morgan fingerprint density at radius 3 is 1.48 bits per heavy atom. The molecule has 0 radical (unpaired) electrons. The van der Waals surface area contributed by atoms with Gasteiger partial charge < -0.3 is 15.5 Å². The standard InChI is InChI=1S/C26H26N2O5/c29-23(30)17-16-22(25(33)27-18-24(31)32)28-26(19-10-4-1-5-11-19,20-12-6-2-7-13-20)21-14-8-3-9-15-21/h1-15,22,28H,16-18H2,(H,27,33)(H,29,30)(H,31,32)/t22-/m0/s1. The van der Waals surface area contributed by atoms with Crippen molar-refractivity contribution in [2.75, 3.05) is 6.54 Å². The predicted octanol–water partition coefficient (Wildman–Crippen LogP) is 3.00. The first-order valence-electron chi connectivity index (χ1n) is 10.6. The Morgan fingerprint density at radius 1 is 0.697 bits per heavy atom. The number of carboxylic acid groups (broad SMARTS) is 2. The van der Waals surface area contributed by atoms with Crippen molar-refractivity contribution < 1.29 is 24.6 Å². The second kappa shape index (κ2) is 11.1. The molecular weight excluding hydrogens is 420 g/mol. The third-order valence-corrected chi connectivity index (χ3v) is 5.39. The fourth-order valence-electron chi connectivity index (χ4n) is 3.90. The van der Waals surface area contributed by atoms with Crippen molar-refractivity contribution in [2.45, 2.75) is 24.4 Å². The fourth-order valence-corrected chi connectivity index (χ4v) is 3.90. The lowest BCUT2D eigenvalue weighted by molar-refractivity contribution is -0.139. The van der Waals surface area contributed by atoms with Crippen LogP contribution in [-0.4, -0.2) is 40.6 Å². The molecule has 0 spiro atoms. The minimum atomic E-state index is -1.18. The topological polar surface area (TPSA) is 116 Å². The van der Waals surface area contributed by atoms with Gasteiger partial charge in [-0.15, -0.1) is 0 Å². The van der Waals surface area contributed by atoms with E-state index in [0.717, 1.165) is 16.7 Å². The number of carbonyl (C=O) groups is 3. The first-order valence-corrected chi connectivity index (χ1v) is 10.6. The predicted molar refractivity (Wildman–Crippen MR) is 124 cm³/mol. The molecule has 0 unspecified atom stereocenters. The summed E-state index contributed by atoms with van der Waals surface area (Å²) in [6, 6.07) is 27.7. The summed E-state index contributed by atoms with van der Waals surface area (Å²) in [5.74, 6) is -2.80. The van der Waals surface area contributed by atoms with Gasteiger partial charge in [-0.05, 0) is 23.1 Å². The number of hydrogen-bond acceptors (Lipinski definition) is 4. The summed E-state index contributed by atoms with van der Waals surface area (Å²) in [6.45, 7) is -0.556. The first kappa shape index (κ1) is 23.7. The van der Waals surface area contributed by atoms with Crippen molar-refractivity contribution in [1.29, 1.82) is 0 Å². The highest BCUT2D eigenvalue weighted by Gasteiger charge is 2.39. The van der Waals surface area contributed by atoms with Gasteiger partial charge >= 0.3 is 11.9 Å². The Hall–Kier alpha value is -3.97. The molecule has 3 rings (SSSR count). The molecule has 7 nitrogen and oxygen atoms in total. The molecule has 170 valence electrons. The summed E-state index contributed by atoms with van der Waals surface area (Å²) in [7, 11) is 0. The lowest BCUT2D eigenvalue weighted by Gasteiger charge is -2.39. The maximum absolute atomic E-state index is 13.0. The third kappa shape index (κ3) is 5.84. The van der Waals surface area contributed by atoms with Crippen LogP contribution < -0.4 is 10.6 Å². The average Bonchev–Trinajstić information content (AvgIpc) is 2.84. The summed E-state index contributed by atoms with van der Waals surface area (Å²) in [4.78, 5) is 35.3. The van der Waals surface area contributed by atoms with Gasteiger partial charge in [-0.1, -0.05) is 91.0 Å². The number of benzene rings is 3. The highest BCUT2D eigenvalue weighted by molar-refractivity contribution is 5.86. The van der Waals surface area contributed by atoms with E-state index in [-0.39, 0.29) is 12.8 Å². The fraction of sp³-hybridized carbons (Fsp3) is 0.192. The molecule has 0 aliphatic carbocycles. The summed E-state index contributed by atoms with van der Waals surface area (Å²) >= 11 is 0. The van der Waals surface area contributed by atoms with Gasteiger partial charge in [0.05, 0.1) is 11.6 Å². The van der Waals surface area contributed by atoms with Crippen molar-refractivity contribution in [2.24, 2.45) is 0 Å². The van der Waals surface area contributed by atoms with Gasteiger partial charge in [-0.25, -0.2) is 0 Å². The van der Waals surface area contributed by atoms with E-state index in [2.05, 4.69) is 10.6 Å². The second-order valence-electron chi connectivity index (χ2n) is 7.59. The van der Waals surface area contributed by atoms with Gasteiger partial charge in [0, 0.05) is 6.42 Å². The van der Waals surface area contributed by atoms with Crippen molar-refractivity contribution >= 4 is 17.8 Å². The molecule has 1 atom stereocenters. The van der Waals surface area contributed by atoms with E-state index >= 15 is 0 Å². The van der Waals surface area contributed by atoms with Gasteiger partial charge in [-0.3, -0.25) is 19.7 Å². The zero-order valence-corrected chi connectivity index (χ0v) is 18.0. The molecule has 0 saturated heterocycles. The molecule has 0 aliphatic heterocycles. The van der Waals surface area contributed by atoms with E-state index in [1.807, 2.05) is 91.0 Å². The number of nitrogens with one attached hydrogen (secondary N) is 2. The molecule has 0 fully saturated rings. The van der Waals surface area contributed by atoms with Crippen LogP contribution in [0.2, 0.25) is 0 Å². The molecule has 3 aromatic carbocycles. The molecule has 0 aliphatic rings. The monoisotopic (exact) mass is 446 g/mol. The molecular formula is C26H26N2O5. The van der Waals surface area contributed by atoms with Gasteiger partial charge in [0.1, 0.15) is 6.54 Å². The Labute approximate surface area is 192 Å². The SMILES string of the molecule is O=C(O)CC[C@H](NC(c1ccccc1)(c1ccccc1)c1ccccc1)C(=O)NCC(=O)O. The Bertz CT molecular complexity index is 975. The van der Waals surface area contributed by atoms with E-state index in [0.29, 0.717) is 0 Å². The normalized spacial score (nSPS) is 12.0. The quantitative estimate of drug-likeness (QED) is 0.337. The minimum Gasteiger partial charge on any atom is -0.481 e. The van der Waals surface area contributed by atoms with E-state index in [9.17, 15) is 19.5 Å². The largest absolute Gasteiger partial charge is 0.481 e. The first-order chi connectivity index (χ1) is 15.9. The van der Waals surface area contributed by atoms with Crippen LogP contribution in [0.25, 0.3) is 0 Å². The Kier molecular flexibility index (Phi) is 7.94. The minimum absolute atomic E-state index is 0.0188. The zero-order chi connectivity index (χ0) is 23.7. The van der Waals surface area contributed by atoms with E-state index in [4.69, 9.17) is 5.11 Å². The molecule has 1 amide bonds. The lowest BCUT2D eigenvalue weighted by atomic mass is 9.76. The molecule has 0 saturated carbocycles. The number of rotatable bonds is 11. The van der Waals surface area contributed by atoms with Crippen LogP contribution >= 0.6 is 0 Å². The molecule has 0 bridgehead atoms. The van der Waals surface area contributed by atoms with Crippen LogP contribution in [0.5, 0.6) is 0 Å². The molecule has 4 N–H and O–H groups in total. The summed E-state index contributed by atoms with van der Waals surface area (Å²) < 4.78 is 0. The highest BCUT2D eigenvalue weighted by atomic mass is 16.4. The van der Waals surface area contributed by atoms with Gasteiger partial charge in [0.2, 0.25) is 5.91 Å². The van der Waals surface area contributed by atoms with E-state index < -0.39 is 36.0 Å².